The van der Waals surface area contributed by atoms with E-state index in [9.17, 15) is 0 Å². The summed E-state index contributed by atoms with van der Waals surface area (Å²) in [6.07, 6.45) is 6.16. The van der Waals surface area contributed by atoms with Crippen LogP contribution in [0.1, 0.15) is 25.7 Å². The standard InChI is InChI=1S/C20H36N4S/c1-3-19-18(24-14-8-22(9-15-24)10-16-24)2-4-20(25-19)17(1)23-11-5-21(6-12-23)7-13-23/h17-20H,1-16H2/q+2/t17-,18-,19-,20-/m1/s1. The summed E-state index contributed by atoms with van der Waals surface area (Å²) in [5.41, 5.74) is 0. The minimum Gasteiger partial charge on any atom is -0.317 e. The molecule has 8 saturated heterocycles. The predicted octanol–water partition coefficient (Wildman–Crippen LogP) is 1.07. The first-order valence-electron chi connectivity index (χ1n) is 11.1. The van der Waals surface area contributed by atoms with E-state index < -0.39 is 0 Å². The zero-order chi connectivity index (χ0) is 16.5. The Morgan fingerprint density at radius 3 is 1.24 bits per heavy atom. The Morgan fingerprint density at radius 2 is 0.880 bits per heavy atom. The van der Waals surface area contributed by atoms with Gasteiger partial charge in [0.2, 0.25) is 0 Å². The quantitative estimate of drug-likeness (QED) is 0.677. The van der Waals surface area contributed by atoms with Crippen LogP contribution in [0, 0.1) is 0 Å². The van der Waals surface area contributed by atoms with E-state index in [1.165, 1.54) is 100 Å². The second kappa shape index (κ2) is 5.84. The molecule has 25 heavy (non-hydrogen) atoms. The first-order chi connectivity index (χ1) is 12.3. The molecule has 0 aromatic heterocycles. The highest BCUT2D eigenvalue weighted by atomic mass is 32.2. The molecule has 8 heterocycles. The van der Waals surface area contributed by atoms with Gasteiger partial charge in [0.15, 0.2) is 0 Å². The summed E-state index contributed by atoms with van der Waals surface area (Å²) < 4.78 is 3.03. The summed E-state index contributed by atoms with van der Waals surface area (Å²) in [5, 5.41) is 1.98. The average Bonchev–Trinajstić information content (AvgIpc) is 2.71. The summed E-state index contributed by atoms with van der Waals surface area (Å²) in [6, 6.07) is 2.01. The van der Waals surface area contributed by atoms with Crippen molar-refractivity contribution in [1.82, 2.24) is 9.80 Å². The minimum absolute atomic E-state index is 0.990. The van der Waals surface area contributed by atoms with Gasteiger partial charge in [-0.3, -0.25) is 9.80 Å². The maximum atomic E-state index is 2.71. The third-order valence-corrected chi connectivity index (χ3v) is 11.1. The molecule has 6 bridgehead atoms. The number of thioether (sulfide) groups is 1. The van der Waals surface area contributed by atoms with E-state index in [0.29, 0.717) is 0 Å². The molecule has 8 fully saturated rings. The topological polar surface area (TPSA) is 6.48 Å². The fraction of sp³-hybridized carbons (Fsp3) is 1.00. The molecule has 0 spiro atoms. The highest BCUT2D eigenvalue weighted by Crippen LogP contribution is 2.49. The molecule has 8 rings (SSSR count). The lowest BCUT2D eigenvalue weighted by atomic mass is 9.85. The van der Waals surface area contributed by atoms with Crippen LogP contribution in [0.25, 0.3) is 0 Å². The maximum absolute atomic E-state index is 2.71. The van der Waals surface area contributed by atoms with Crippen molar-refractivity contribution in [1.29, 1.82) is 0 Å². The fourth-order valence-electron chi connectivity index (χ4n) is 7.60. The number of fused-ring (bicyclic) bond motifs is 8. The molecule has 5 heteroatoms. The van der Waals surface area contributed by atoms with Crippen LogP contribution in [0.2, 0.25) is 0 Å². The highest BCUT2D eigenvalue weighted by molar-refractivity contribution is 8.00. The summed E-state index contributed by atoms with van der Waals surface area (Å²) in [5.74, 6) is 0. The van der Waals surface area contributed by atoms with Crippen LogP contribution in [0.15, 0.2) is 0 Å². The van der Waals surface area contributed by atoms with Gasteiger partial charge in [-0.15, -0.1) is 11.8 Å². The van der Waals surface area contributed by atoms with Crippen LogP contribution in [0.3, 0.4) is 0 Å². The Kier molecular flexibility index (Phi) is 3.78. The Morgan fingerprint density at radius 1 is 0.520 bits per heavy atom. The molecule has 0 N–H and O–H groups in total. The number of hydrogen-bond acceptors (Lipinski definition) is 3. The maximum Gasteiger partial charge on any atom is 0.101 e. The van der Waals surface area contributed by atoms with Crippen molar-refractivity contribution in [2.24, 2.45) is 0 Å². The van der Waals surface area contributed by atoms with Crippen LogP contribution in [-0.4, -0.2) is 120 Å². The van der Waals surface area contributed by atoms with Gasteiger partial charge in [-0.2, -0.15) is 0 Å². The molecule has 4 nitrogen and oxygen atoms in total. The molecule has 8 aliphatic heterocycles. The van der Waals surface area contributed by atoms with E-state index in [-0.39, 0.29) is 0 Å². The van der Waals surface area contributed by atoms with Crippen LogP contribution >= 0.6 is 11.8 Å². The molecule has 0 unspecified atom stereocenters. The minimum atomic E-state index is 0.990. The van der Waals surface area contributed by atoms with Crippen molar-refractivity contribution in [2.45, 2.75) is 48.3 Å². The smallest absolute Gasteiger partial charge is 0.101 e. The normalized spacial score (nSPS) is 57.6. The van der Waals surface area contributed by atoms with E-state index in [4.69, 9.17) is 0 Å². The van der Waals surface area contributed by atoms with Gasteiger partial charge in [0, 0.05) is 52.1 Å². The number of quaternary nitrogens is 2. The molecule has 0 amide bonds. The first kappa shape index (κ1) is 16.2. The monoisotopic (exact) mass is 364 g/mol. The molecule has 0 saturated carbocycles. The predicted molar refractivity (Wildman–Crippen MR) is 104 cm³/mol. The van der Waals surface area contributed by atoms with Crippen LogP contribution in [-0.2, 0) is 0 Å². The van der Waals surface area contributed by atoms with E-state index in [2.05, 4.69) is 21.6 Å². The second-order valence-corrected chi connectivity index (χ2v) is 11.4. The van der Waals surface area contributed by atoms with Gasteiger partial charge >= 0.3 is 0 Å². The van der Waals surface area contributed by atoms with Crippen LogP contribution in [0.5, 0.6) is 0 Å². The number of rotatable bonds is 2. The number of hydrogen-bond donors (Lipinski definition) is 0. The summed E-state index contributed by atoms with van der Waals surface area (Å²) in [6.45, 7) is 17.1. The molecular formula is C20H36N4S+2. The van der Waals surface area contributed by atoms with Gasteiger partial charge in [0.05, 0.1) is 49.8 Å². The summed E-state index contributed by atoms with van der Waals surface area (Å²) in [4.78, 5) is 5.42. The SMILES string of the molecule is C1C[C@H]2S[C@H](CC[C@H]2[N+]23CCN(CC2)CC3)[C@@H]1[N+]12CCN(CC1)CC2. The Balaban J connectivity index is 1.19. The lowest BCUT2D eigenvalue weighted by molar-refractivity contribution is -0.968. The number of nitrogens with zero attached hydrogens (tertiary/aromatic N) is 4. The molecule has 8 aliphatic rings. The molecule has 140 valence electrons. The molecule has 0 radical (unpaired) electrons. The lowest BCUT2D eigenvalue weighted by Crippen LogP contribution is -2.75. The molecule has 0 aliphatic carbocycles. The molecule has 0 aromatic carbocycles. The third-order valence-electron chi connectivity index (χ3n) is 9.28. The van der Waals surface area contributed by atoms with Crippen LogP contribution < -0.4 is 0 Å². The van der Waals surface area contributed by atoms with Gasteiger partial charge in [0.1, 0.15) is 12.1 Å². The number of piperazine rings is 6. The van der Waals surface area contributed by atoms with Crippen LogP contribution in [0.4, 0.5) is 0 Å². The molecule has 0 aromatic rings. The Bertz CT molecular complexity index is 450. The van der Waals surface area contributed by atoms with Crippen molar-refractivity contribution in [3.8, 4) is 0 Å². The van der Waals surface area contributed by atoms with Crippen molar-refractivity contribution in [3.63, 3.8) is 0 Å². The zero-order valence-corrected chi connectivity index (χ0v) is 16.6. The van der Waals surface area contributed by atoms with Crippen molar-refractivity contribution < 1.29 is 8.97 Å². The fourth-order valence-corrected chi connectivity index (χ4v) is 9.75. The highest BCUT2D eigenvalue weighted by Gasteiger charge is 2.56. The van der Waals surface area contributed by atoms with E-state index in [0.717, 1.165) is 22.6 Å². The van der Waals surface area contributed by atoms with Gasteiger partial charge in [-0.1, -0.05) is 0 Å². The van der Waals surface area contributed by atoms with E-state index in [1.807, 2.05) is 0 Å². The van der Waals surface area contributed by atoms with Gasteiger partial charge in [-0.25, -0.2) is 0 Å². The average molecular weight is 365 g/mol. The van der Waals surface area contributed by atoms with Crippen molar-refractivity contribution in [2.75, 3.05) is 78.5 Å². The van der Waals surface area contributed by atoms with Gasteiger partial charge in [-0.05, 0) is 12.8 Å². The Labute approximate surface area is 157 Å². The van der Waals surface area contributed by atoms with E-state index in [1.54, 1.807) is 12.8 Å². The summed E-state index contributed by atoms with van der Waals surface area (Å²) in [7, 11) is 0. The van der Waals surface area contributed by atoms with E-state index >= 15 is 0 Å². The first-order valence-corrected chi connectivity index (χ1v) is 12.0. The van der Waals surface area contributed by atoms with Gasteiger partial charge < -0.3 is 8.97 Å². The second-order valence-electron chi connectivity index (χ2n) is 9.96. The van der Waals surface area contributed by atoms with Gasteiger partial charge in [0.25, 0.3) is 0 Å². The van der Waals surface area contributed by atoms with Crippen molar-refractivity contribution >= 4 is 11.8 Å². The van der Waals surface area contributed by atoms with Crippen molar-refractivity contribution in [3.05, 3.63) is 0 Å². The Hall–Kier alpha value is 0.190. The largest absolute Gasteiger partial charge is 0.317 e. The lowest BCUT2D eigenvalue weighted by Gasteiger charge is -2.61. The summed E-state index contributed by atoms with van der Waals surface area (Å²) >= 11 is 2.48. The third kappa shape index (κ3) is 2.42. The zero-order valence-electron chi connectivity index (χ0n) is 15.8. The molecular weight excluding hydrogens is 328 g/mol. The molecule has 4 atom stereocenters.